The summed E-state index contributed by atoms with van der Waals surface area (Å²) in [7, 11) is 0. The second kappa shape index (κ2) is 7.26. The van der Waals surface area contributed by atoms with E-state index in [0.717, 1.165) is 0 Å². The minimum absolute atomic E-state index is 0.232. The fraction of sp³-hybridized carbons (Fsp3) is 0.471. The number of nitrogens with zero attached hydrogens (tertiary/aromatic N) is 2. The number of imidazole rings is 1. The molecule has 2 rings (SSSR count). The molecule has 6 nitrogen and oxygen atoms in total. The molecule has 2 heterocycles. The molecule has 0 saturated heterocycles. The summed E-state index contributed by atoms with van der Waals surface area (Å²) in [5, 5.41) is 5.69. The van der Waals surface area contributed by atoms with Crippen molar-refractivity contribution in [1.82, 2.24) is 20.0 Å². The van der Waals surface area contributed by atoms with Crippen LogP contribution >= 0.6 is 0 Å². The van der Waals surface area contributed by atoms with E-state index in [1.807, 2.05) is 39.8 Å². The van der Waals surface area contributed by atoms with E-state index < -0.39 is 0 Å². The Morgan fingerprint density at radius 3 is 2.26 bits per heavy atom. The van der Waals surface area contributed by atoms with Gasteiger partial charge in [0.25, 0.3) is 11.8 Å². The van der Waals surface area contributed by atoms with Crippen LogP contribution in [0.4, 0.5) is 0 Å². The van der Waals surface area contributed by atoms with E-state index in [1.54, 1.807) is 16.7 Å². The summed E-state index contributed by atoms with van der Waals surface area (Å²) in [6, 6.07) is 5.42. The summed E-state index contributed by atoms with van der Waals surface area (Å²) >= 11 is 0. The van der Waals surface area contributed by atoms with Gasteiger partial charge in [0.15, 0.2) is 5.69 Å². The van der Waals surface area contributed by atoms with Gasteiger partial charge in [0.05, 0.1) is 5.52 Å². The summed E-state index contributed by atoms with van der Waals surface area (Å²) in [4.78, 5) is 29.0. The molecule has 2 aromatic rings. The molecule has 0 aliphatic rings. The highest BCUT2D eigenvalue weighted by Crippen LogP contribution is 2.13. The first kappa shape index (κ1) is 17.0. The minimum Gasteiger partial charge on any atom is -0.350 e. The zero-order valence-corrected chi connectivity index (χ0v) is 14.1. The second-order valence-electron chi connectivity index (χ2n) is 6.45. The van der Waals surface area contributed by atoms with E-state index in [1.165, 1.54) is 0 Å². The Labute approximate surface area is 136 Å². The first-order valence-electron chi connectivity index (χ1n) is 7.93. The van der Waals surface area contributed by atoms with E-state index in [2.05, 4.69) is 15.6 Å². The molecule has 0 aliphatic heterocycles. The molecular formula is C17H24N4O2. The van der Waals surface area contributed by atoms with Crippen molar-refractivity contribution in [3.05, 3.63) is 35.9 Å². The summed E-state index contributed by atoms with van der Waals surface area (Å²) in [5.41, 5.74) is 0.907. The van der Waals surface area contributed by atoms with Crippen LogP contribution < -0.4 is 10.6 Å². The van der Waals surface area contributed by atoms with Crippen LogP contribution in [0, 0.1) is 11.8 Å². The molecular weight excluding hydrogens is 292 g/mol. The van der Waals surface area contributed by atoms with Gasteiger partial charge in [-0.3, -0.25) is 14.0 Å². The van der Waals surface area contributed by atoms with Gasteiger partial charge in [0.1, 0.15) is 0 Å². The monoisotopic (exact) mass is 316 g/mol. The van der Waals surface area contributed by atoms with Crippen LogP contribution in [0.1, 0.15) is 48.8 Å². The lowest BCUT2D eigenvalue weighted by atomic mass is 10.2. The fourth-order valence-corrected chi connectivity index (χ4v) is 2.12. The highest BCUT2D eigenvalue weighted by atomic mass is 16.2. The number of amides is 2. The number of hydrogen-bond acceptors (Lipinski definition) is 3. The Morgan fingerprint density at radius 1 is 1.04 bits per heavy atom. The molecule has 0 atom stereocenters. The average Bonchev–Trinajstić information content (AvgIpc) is 2.90. The van der Waals surface area contributed by atoms with Crippen LogP contribution in [-0.4, -0.2) is 34.3 Å². The number of nitrogens with one attached hydrogen (secondary N) is 2. The van der Waals surface area contributed by atoms with Crippen molar-refractivity contribution in [2.75, 3.05) is 13.1 Å². The third kappa shape index (κ3) is 4.09. The van der Waals surface area contributed by atoms with Gasteiger partial charge in [-0.2, -0.15) is 0 Å². The maximum Gasteiger partial charge on any atom is 0.287 e. The maximum atomic E-state index is 12.3. The predicted octanol–water partition coefficient (Wildman–Crippen LogP) is 2.11. The largest absolute Gasteiger partial charge is 0.350 e. The Bertz CT molecular complexity index is 646. The number of aromatic nitrogens is 2. The lowest BCUT2D eigenvalue weighted by molar-refractivity contribution is 0.0938. The second-order valence-corrected chi connectivity index (χ2v) is 6.45. The molecule has 23 heavy (non-hydrogen) atoms. The Hall–Kier alpha value is -2.37. The van der Waals surface area contributed by atoms with Crippen LogP contribution in [0.2, 0.25) is 0 Å². The lowest BCUT2D eigenvalue weighted by Crippen LogP contribution is -2.29. The third-order valence-electron chi connectivity index (χ3n) is 3.31. The van der Waals surface area contributed by atoms with Crippen molar-refractivity contribution < 1.29 is 9.59 Å². The van der Waals surface area contributed by atoms with E-state index in [0.29, 0.717) is 30.4 Å². The van der Waals surface area contributed by atoms with Gasteiger partial charge in [-0.05, 0) is 24.0 Å². The molecule has 0 fully saturated rings. The highest BCUT2D eigenvalue weighted by Gasteiger charge is 2.21. The van der Waals surface area contributed by atoms with Gasteiger partial charge in [-0.1, -0.05) is 33.8 Å². The lowest BCUT2D eigenvalue weighted by Gasteiger charge is -2.06. The highest BCUT2D eigenvalue weighted by molar-refractivity contribution is 6.02. The van der Waals surface area contributed by atoms with Gasteiger partial charge in [-0.25, -0.2) is 4.98 Å². The van der Waals surface area contributed by atoms with Crippen molar-refractivity contribution in [2.24, 2.45) is 11.8 Å². The van der Waals surface area contributed by atoms with Gasteiger partial charge in [0.2, 0.25) is 5.82 Å². The normalized spacial score (nSPS) is 11.2. The Kier molecular flexibility index (Phi) is 5.36. The van der Waals surface area contributed by atoms with E-state index >= 15 is 0 Å². The van der Waals surface area contributed by atoms with Crippen molar-refractivity contribution in [3.8, 4) is 0 Å². The molecule has 0 bridgehead atoms. The van der Waals surface area contributed by atoms with Crippen LogP contribution in [0.3, 0.4) is 0 Å². The van der Waals surface area contributed by atoms with Gasteiger partial charge >= 0.3 is 0 Å². The number of hydrogen-bond donors (Lipinski definition) is 2. The van der Waals surface area contributed by atoms with Crippen LogP contribution in [0.25, 0.3) is 5.52 Å². The number of carbonyl (C=O) groups excluding carboxylic acids is 2. The van der Waals surface area contributed by atoms with Gasteiger partial charge in [-0.15, -0.1) is 0 Å². The van der Waals surface area contributed by atoms with Crippen LogP contribution in [0.5, 0.6) is 0 Å². The molecule has 2 aromatic heterocycles. The molecule has 0 spiro atoms. The topological polar surface area (TPSA) is 75.5 Å². The zero-order valence-electron chi connectivity index (χ0n) is 14.1. The first-order valence-corrected chi connectivity index (χ1v) is 7.93. The van der Waals surface area contributed by atoms with Crippen molar-refractivity contribution in [3.63, 3.8) is 0 Å². The third-order valence-corrected chi connectivity index (χ3v) is 3.31. The summed E-state index contributed by atoms with van der Waals surface area (Å²) in [5.74, 6) is 0.393. The zero-order chi connectivity index (χ0) is 17.0. The first-order chi connectivity index (χ1) is 10.9. The molecule has 2 N–H and O–H groups in total. The molecule has 0 radical (unpaired) electrons. The van der Waals surface area contributed by atoms with Crippen molar-refractivity contribution >= 4 is 17.3 Å². The smallest absolute Gasteiger partial charge is 0.287 e. The Morgan fingerprint density at radius 2 is 1.65 bits per heavy atom. The quantitative estimate of drug-likeness (QED) is 0.857. The average molecular weight is 316 g/mol. The Balaban J connectivity index is 2.32. The molecule has 124 valence electrons. The SMILES string of the molecule is CC(C)CNC(=O)c1nc(C(=O)NCC(C)C)n2ccccc12. The van der Waals surface area contributed by atoms with Gasteiger partial charge in [0, 0.05) is 19.3 Å². The number of fused-ring (bicyclic) bond motifs is 1. The number of pyridine rings is 1. The molecule has 0 aromatic carbocycles. The molecule has 0 unspecified atom stereocenters. The fourth-order valence-electron chi connectivity index (χ4n) is 2.12. The summed E-state index contributed by atoms with van der Waals surface area (Å²) < 4.78 is 1.65. The summed E-state index contributed by atoms with van der Waals surface area (Å²) in [6.45, 7) is 9.23. The number of rotatable bonds is 6. The van der Waals surface area contributed by atoms with Crippen molar-refractivity contribution in [2.45, 2.75) is 27.7 Å². The van der Waals surface area contributed by atoms with E-state index in [4.69, 9.17) is 0 Å². The predicted molar refractivity (Wildman–Crippen MR) is 89.5 cm³/mol. The van der Waals surface area contributed by atoms with Crippen LogP contribution in [-0.2, 0) is 0 Å². The molecule has 0 saturated carbocycles. The minimum atomic E-state index is -0.275. The molecule has 0 aliphatic carbocycles. The molecule has 6 heteroatoms. The van der Waals surface area contributed by atoms with Crippen molar-refractivity contribution in [1.29, 1.82) is 0 Å². The van der Waals surface area contributed by atoms with Gasteiger partial charge < -0.3 is 10.6 Å². The number of carbonyl (C=O) groups is 2. The maximum absolute atomic E-state index is 12.3. The summed E-state index contributed by atoms with van der Waals surface area (Å²) in [6.07, 6.45) is 1.74. The standard InChI is InChI=1S/C17H24N4O2/c1-11(2)9-18-16(22)14-13-7-5-6-8-21(13)15(20-14)17(23)19-10-12(3)4/h5-8,11-12H,9-10H2,1-4H3,(H,18,22)(H,19,23). The van der Waals surface area contributed by atoms with E-state index in [-0.39, 0.29) is 23.3 Å². The van der Waals surface area contributed by atoms with Crippen LogP contribution in [0.15, 0.2) is 24.4 Å². The molecule has 2 amide bonds. The van der Waals surface area contributed by atoms with E-state index in [9.17, 15) is 9.59 Å².